The summed E-state index contributed by atoms with van der Waals surface area (Å²) in [6, 6.07) is 1.83. The maximum Gasteiger partial charge on any atom is 0.246 e. The van der Waals surface area contributed by atoms with Gasteiger partial charge < -0.3 is 4.42 Å². The Hall–Kier alpha value is -0.560. The van der Waals surface area contributed by atoms with Gasteiger partial charge in [0.2, 0.25) is 10.0 Å². The molecule has 7 heteroatoms. The molecule has 0 aliphatic carbocycles. The smallest absolute Gasteiger partial charge is 0.246 e. The third-order valence-corrected chi connectivity index (χ3v) is 6.31. The highest BCUT2D eigenvalue weighted by Gasteiger charge is 2.31. The zero-order valence-corrected chi connectivity index (χ0v) is 14.4. The third kappa shape index (κ3) is 3.44. The summed E-state index contributed by atoms with van der Waals surface area (Å²) in [6.45, 7) is 6.29. The zero-order chi connectivity index (χ0) is 15.6. The monoisotopic (exact) mass is 334 g/mol. The first-order valence-corrected chi connectivity index (χ1v) is 9.23. The Morgan fingerprint density at radius 3 is 2.81 bits per heavy atom. The van der Waals surface area contributed by atoms with Crippen molar-refractivity contribution >= 4 is 21.6 Å². The SMILES string of the molecule is CCN1CCCC1CN(C)S(=O)(=O)c1cc(CCl)oc1C. The van der Waals surface area contributed by atoms with Crippen LogP contribution in [0.15, 0.2) is 15.4 Å². The molecule has 1 atom stereocenters. The number of hydrogen-bond acceptors (Lipinski definition) is 4. The molecule has 21 heavy (non-hydrogen) atoms. The second kappa shape index (κ2) is 6.69. The molecular weight excluding hydrogens is 312 g/mol. The van der Waals surface area contributed by atoms with Gasteiger partial charge in [0.1, 0.15) is 16.4 Å². The second-order valence-corrected chi connectivity index (χ2v) is 7.76. The van der Waals surface area contributed by atoms with Crippen LogP contribution in [0.25, 0.3) is 0 Å². The van der Waals surface area contributed by atoms with Crippen molar-refractivity contribution in [2.75, 3.05) is 26.7 Å². The Labute approximate surface area is 131 Å². The molecule has 2 rings (SSSR count). The summed E-state index contributed by atoms with van der Waals surface area (Å²) in [5.41, 5.74) is 0. The molecule has 1 aromatic heterocycles. The molecule has 1 saturated heterocycles. The quantitative estimate of drug-likeness (QED) is 0.750. The molecular formula is C14H23ClN2O3S. The number of furan rings is 1. The number of likely N-dealkylation sites (tertiary alicyclic amines) is 1. The highest BCUT2D eigenvalue weighted by molar-refractivity contribution is 7.89. The Kier molecular flexibility index (Phi) is 5.35. The van der Waals surface area contributed by atoms with E-state index in [9.17, 15) is 8.42 Å². The molecule has 1 fully saturated rings. The minimum Gasteiger partial charge on any atom is -0.464 e. The summed E-state index contributed by atoms with van der Waals surface area (Å²) in [5.74, 6) is 1.06. The number of rotatable bonds is 6. The number of aryl methyl sites for hydroxylation is 1. The van der Waals surface area contributed by atoms with E-state index in [0.717, 1.165) is 25.9 Å². The van der Waals surface area contributed by atoms with Crippen molar-refractivity contribution in [2.24, 2.45) is 0 Å². The maximum absolute atomic E-state index is 12.7. The molecule has 0 N–H and O–H groups in total. The predicted molar refractivity (Wildman–Crippen MR) is 83.1 cm³/mol. The maximum atomic E-state index is 12.7. The van der Waals surface area contributed by atoms with Gasteiger partial charge in [0, 0.05) is 25.7 Å². The largest absolute Gasteiger partial charge is 0.464 e. The van der Waals surface area contributed by atoms with Gasteiger partial charge in [-0.1, -0.05) is 6.92 Å². The lowest BCUT2D eigenvalue weighted by molar-refractivity contribution is 0.237. The molecule has 0 bridgehead atoms. The minimum absolute atomic E-state index is 0.173. The number of nitrogens with zero attached hydrogens (tertiary/aromatic N) is 2. The molecule has 1 aliphatic rings. The molecule has 2 heterocycles. The van der Waals surface area contributed by atoms with Crippen LogP contribution in [0.2, 0.25) is 0 Å². The van der Waals surface area contributed by atoms with Crippen LogP contribution in [-0.2, 0) is 15.9 Å². The Morgan fingerprint density at radius 2 is 2.24 bits per heavy atom. The lowest BCUT2D eigenvalue weighted by Gasteiger charge is -2.27. The molecule has 0 saturated carbocycles. The van der Waals surface area contributed by atoms with E-state index in [1.54, 1.807) is 14.0 Å². The first-order valence-electron chi connectivity index (χ1n) is 7.25. The Balaban J connectivity index is 2.16. The Bertz CT molecular complexity index is 585. The molecule has 0 radical (unpaired) electrons. The fourth-order valence-corrected chi connectivity index (χ4v) is 4.45. The number of hydrogen-bond donors (Lipinski definition) is 0. The van der Waals surface area contributed by atoms with Gasteiger partial charge >= 0.3 is 0 Å². The molecule has 0 amide bonds. The first kappa shape index (κ1) is 16.8. The van der Waals surface area contributed by atoms with E-state index in [1.165, 1.54) is 10.4 Å². The zero-order valence-electron chi connectivity index (χ0n) is 12.8. The summed E-state index contributed by atoms with van der Waals surface area (Å²) >= 11 is 5.71. The molecule has 1 unspecified atom stereocenters. The number of likely N-dealkylation sites (N-methyl/N-ethyl adjacent to an activating group) is 2. The normalized spacial score (nSPS) is 20.5. The van der Waals surface area contributed by atoms with Gasteiger partial charge in [0.05, 0.1) is 5.88 Å². The standard InChI is InChI=1S/C14H23ClN2O3S/c1-4-17-7-5-6-12(17)10-16(3)21(18,19)14-8-13(9-15)20-11(14)2/h8,12H,4-7,9-10H2,1-3H3. The molecule has 1 aliphatic heterocycles. The van der Waals surface area contributed by atoms with Crippen LogP contribution in [0.4, 0.5) is 0 Å². The lowest BCUT2D eigenvalue weighted by Crippen LogP contribution is -2.41. The first-order chi connectivity index (χ1) is 9.90. The molecule has 0 aromatic carbocycles. The van der Waals surface area contributed by atoms with Crippen LogP contribution in [0.1, 0.15) is 31.3 Å². The summed E-state index contributed by atoms with van der Waals surface area (Å²) in [4.78, 5) is 2.56. The topological polar surface area (TPSA) is 53.8 Å². The van der Waals surface area contributed by atoms with Crippen LogP contribution in [-0.4, -0.2) is 50.3 Å². The van der Waals surface area contributed by atoms with Gasteiger partial charge in [-0.25, -0.2) is 8.42 Å². The lowest BCUT2D eigenvalue weighted by atomic mass is 10.2. The van der Waals surface area contributed by atoms with Gasteiger partial charge in [0.15, 0.2) is 0 Å². The fraction of sp³-hybridized carbons (Fsp3) is 0.714. The van der Waals surface area contributed by atoms with Crippen LogP contribution >= 0.6 is 11.6 Å². The van der Waals surface area contributed by atoms with E-state index in [0.29, 0.717) is 24.1 Å². The summed E-state index contributed by atoms with van der Waals surface area (Å²) in [6.07, 6.45) is 2.18. The van der Waals surface area contributed by atoms with Crippen molar-refractivity contribution in [2.45, 2.75) is 43.5 Å². The minimum atomic E-state index is -3.52. The molecule has 120 valence electrons. The summed E-state index contributed by atoms with van der Waals surface area (Å²) < 4.78 is 32.1. The second-order valence-electron chi connectivity index (χ2n) is 5.48. The van der Waals surface area contributed by atoms with Crippen molar-refractivity contribution in [3.63, 3.8) is 0 Å². The van der Waals surface area contributed by atoms with Crippen molar-refractivity contribution < 1.29 is 12.8 Å². The average Bonchev–Trinajstić information content (AvgIpc) is 3.04. The van der Waals surface area contributed by atoms with E-state index in [-0.39, 0.29) is 10.8 Å². The fourth-order valence-electron chi connectivity index (χ4n) is 2.93. The van der Waals surface area contributed by atoms with Crippen molar-refractivity contribution in [1.82, 2.24) is 9.21 Å². The number of sulfonamides is 1. The summed E-state index contributed by atoms with van der Waals surface area (Å²) in [7, 11) is -1.89. The molecule has 1 aromatic rings. The van der Waals surface area contributed by atoms with Crippen LogP contribution in [0.3, 0.4) is 0 Å². The van der Waals surface area contributed by atoms with E-state index >= 15 is 0 Å². The van der Waals surface area contributed by atoms with Gasteiger partial charge in [-0.15, -0.1) is 11.6 Å². The van der Waals surface area contributed by atoms with E-state index in [2.05, 4.69) is 11.8 Å². The van der Waals surface area contributed by atoms with Crippen LogP contribution in [0.5, 0.6) is 0 Å². The summed E-state index contributed by atoms with van der Waals surface area (Å²) in [5, 5.41) is 0. The van der Waals surface area contributed by atoms with Gasteiger partial charge in [-0.2, -0.15) is 4.31 Å². The third-order valence-electron chi connectivity index (χ3n) is 4.12. The van der Waals surface area contributed by atoms with Crippen LogP contribution < -0.4 is 0 Å². The Morgan fingerprint density at radius 1 is 1.52 bits per heavy atom. The van der Waals surface area contributed by atoms with Gasteiger partial charge in [-0.05, 0) is 32.9 Å². The van der Waals surface area contributed by atoms with E-state index < -0.39 is 10.0 Å². The highest BCUT2D eigenvalue weighted by Crippen LogP contribution is 2.25. The number of alkyl halides is 1. The van der Waals surface area contributed by atoms with Gasteiger partial charge in [0.25, 0.3) is 0 Å². The van der Waals surface area contributed by atoms with E-state index in [1.807, 2.05) is 0 Å². The average molecular weight is 335 g/mol. The number of halogens is 1. The van der Waals surface area contributed by atoms with Crippen molar-refractivity contribution in [3.05, 3.63) is 17.6 Å². The molecule has 5 nitrogen and oxygen atoms in total. The highest BCUT2D eigenvalue weighted by atomic mass is 35.5. The predicted octanol–water partition coefficient (Wildman–Crippen LogP) is 2.43. The van der Waals surface area contributed by atoms with E-state index in [4.69, 9.17) is 16.0 Å². The van der Waals surface area contributed by atoms with Crippen molar-refractivity contribution in [1.29, 1.82) is 0 Å². The van der Waals surface area contributed by atoms with Crippen LogP contribution in [0, 0.1) is 6.92 Å². The molecule has 0 spiro atoms. The van der Waals surface area contributed by atoms with Gasteiger partial charge in [-0.3, -0.25) is 4.90 Å². The van der Waals surface area contributed by atoms with Crippen molar-refractivity contribution in [3.8, 4) is 0 Å².